The highest BCUT2D eigenvalue weighted by molar-refractivity contribution is 5.87. The molecule has 118 valence electrons. The highest BCUT2D eigenvalue weighted by Crippen LogP contribution is 2.39. The lowest BCUT2D eigenvalue weighted by atomic mass is 9.92. The fourth-order valence-electron chi connectivity index (χ4n) is 1.12. The second kappa shape index (κ2) is 5.75. The van der Waals surface area contributed by atoms with Crippen molar-refractivity contribution in [1.82, 2.24) is 5.32 Å². The summed E-state index contributed by atoms with van der Waals surface area (Å²) in [5, 5.41) is 12.5. The lowest BCUT2D eigenvalue weighted by Crippen LogP contribution is -2.51. The molecule has 1 amide bonds. The van der Waals surface area contributed by atoms with Crippen LogP contribution < -0.4 is 11.1 Å². The van der Waals surface area contributed by atoms with Crippen LogP contribution in [0.1, 0.15) is 13.8 Å². The minimum atomic E-state index is -5.76. The number of nitrogens with two attached hydrogens (primary N) is 1. The molecule has 0 radical (unpaired) electrons. The Bertz CT molecular complexity index is 374. The summed E-state index contributed by atoms with van der Waals surface area (Å²) in [7, 11) is 0. The van der Waals surface area contributed by atoms with Crippen molar-refractivity contribution in [2.24, 2.45) is 22.2 Å². The Labute approximate surface area is 109 Å². The van der Waals surface area contributed by atoms with Crippen LogP contribution in [0.3, 0.4) is 0 Å². The van der Waals surface area contributed by atoms with Gasteiger partial charge in [-0.3, -0.25) is 4.79 Å². The number of rotatable bonds is 4. The Balaban J connectivity index is 5.00. The van der Waals surface area contributed by atoms with E-state index >= 15 is 0 Å². The van der Waals surface area contributed by atoms with E-state index in [-0.39, 0.29) is 0 Å². The van der Waals surface area contributed by atoms with Gasteiger partial charge in [-0.05, 0) is 0 Å². The summed E-state index contributed by atoms with van der Waals surface area (Å²) in [6.45, 7) is 1.86. The van der Waals surface area contributed by atoms with Crippen LogP contribution in [-0.4, -0.2) is 35.8 Å². The third-order valence-corrected chi connectivity index (χ3v) is 2.42. The monoisotopic (exact) mass is 309 g/mol. The molecule has 0 saturated heterocycles. The van der Waals surface area contributed by atoms with Crippen molar-refractivity contribution < 1.29 is 36.3 Å². The van der Waals surface area contributed by atoms with E-state index in [9.17, 15) is 31.1 Å². The van der Waals surface area contributed by atoms with Crippen LogP contribution in [-0.2, 0) is 4.79 Å². The van der Waals surface area contributed by atoms with Crippen LogP contribution in [0, 0.1) is 11.3 Å². The highest BCUT2D eigenvalue weighted by atomic mass is 19.4. The Hall–Kier alpha value is -1.68. The van der Waals surface area contributed by atoms with E-state index in [0.29, 0.717) is 0 Å². The predicted molar refractivity (Wildman–Crippen MR) is 55.8 cm³/mol. The number of oxime groups is 1. The van der Waals surface area contributed by atoms with Gasteiger partial charge in [-0.15, -0.1) is 0 Å². The van der Waals surface area contributed by atoms with Crippen molar-refractivity contribution >= 4 is 11.7 Å². The first-order chi connectivity index (χ1) is 8.73. The van der Waals surface area contributed by atoms with Crippen LogP contribution in [0.4, 0.5) is 26.3 Å². The zero-order chi connectivity index (χ0) is 16.4. The third-order valence-electron chi connectivity index (χ3n) is 2.42. The Morgan fingerprint density at radius 1 is 1.20 bits per heavy atom. The van der Waals surface area contributed by atoms with Crippen LogP contribution in [0.2, 0.25) is 0 Å². The maximum absolute atomic E-state index is 12.2. The van der Waals surface area contributed by atoms with Gasteiger partial charge in [0.1, 0.15) is 5.84 Å². The first-order valence-electron chi connectivity index (χ1n) is 5.12. The van der Waals surface area contributed by atoms with Gasteiger partial charge < -0.3 is 16.3 Å². The molecule has 0 aliphatic heterocycles. The molecule has 0 aliphatic rings. The molecule has 0 aromatic carbocycles. The van der Waals surface area contributed by atoms with Gasteiger partial charge >= 0.3 is 12.4 Å². The van der Waals surface area contributed by atoms with Crippen LogP contribution in [0.15, 0.2) is 5.16 Å². The number of alkyl halides is 6. The lowest BCUT2D eigenvalue weighted by molar-refractivity contribution is -0.274. The number of amides is 1. The number of hydrogen-bond acceptors (Lipinski definition) is 3. The summed E-state index contributed by atoms with van der Waals surface area (Å²) in [6.07, 6.45) is -11.5. The van der Waals surface area contributed by atoms with Crippen molar-refractivity contribution in [2.75, 3.05) is 6.54 Å². The number of carbonyl (C=O) groups is 1. The fourth-order valence-corrected chi connectivity index (χ4v) is 1.12. The fraction of sp³-hybridized carbons (Fsp3) is 0.778. The van der Waals surface area contributed by atoms with E-state index in [0.717, 1.165) is 0 Å². The predicted octanol–water partition coefficient (Wildman–Crippen LogP) is 1.62. The normalized spacial score (nSPS) is 14.6. The zero-order valence-electron chi connectivity index (χ0n) is 10.4. The first kappa shape index (κ1) is 18.3. The average Bonchev–Trinajstić information content (AvgIpc) is 2.21. The number of nitrogens with zero attached hydrogens (tertiary/aromatic N) is 1. The molecule has 11 heteroatoms. The molecule has 0 unspecified atom stereocenters. The van der Waals surface area contributed by atoms with Crippen LogP contribution >= 0.6 is 0 Å². The largest absolute Gasteiger partial charge is 0.409 e. The van der Waals surface area contributed by atoms with E-state index < -0.39 is 42.0 Å². The number of nitrogens with one attached hydrogen (secondary N) is 1. The van der Waals surface area contributed by atoms with Crippen molar-refractivity contribution in [3.8, 4) is 0 Å². The number of amidine groups is 1. The molecular formula is C9H13F6N3O2. The quantitative estimate of drug-likeness (QED) is 0.242. The van der Waals surface area contributed by atoms with Gasteiger partial charge in [0.25, 0.3) is 0 Å². The smallest absolute Gasteiger partial charge is 0.409 e. The summed E-state index contributed by atoms with van der Waals surface area (Å²) < 4.78 is 73.5. The SMILES string of the molecule is CC(C)(CNC(=O)C(C(F)(F)F)C(F)(F)F)C(N)=NO. The Morgan fingerprint density at radius 2 is 1.60 bits per heavy atom. The maximum atomic E-state index is 12.2. The molecule has 5 nitrogen and oxygen atoms in total. The van der Waals surface area contributed by atoms with Gasteiger partial charge in [-0.2, -0.15) is 26.3 Å². The van der Waals surface area contributed by atoms with Crippen LogP contribution in [0.25, 0.3) is 0 Å². The van der Waals surface area contributed by atoms with Gasteiger partial charge in [0.05, 0.1) is 0 Å². The van der Waals surface area contributed by atoms with Crippen molar-refractivity contribution in [3.63, 3.8) is 0 Å². The molecule has 0 fully saturated rings. The minimum Gasteiger partial charge on any atom is -0.409 e. The minimum absolute atomic E-state index is 0.451. The highest BCUT2D eigenvalue weighted by Gasteiger charge is 2.61. The number of carbonyl (C=O) groups excluding carboxylic acids is 1. The van der Waals surface area contributed by atoms with Crippen molar-refractivity contribution in [3.05, 3.63) is 0 Å². The molecule has 0 bridgehead atoms. The summed E-state index contributed by atoms with van der Waals surface area (Å²) >= 11 is 0. The molecule has 4 N–H and O–H groups in total. The molecule has 0 aromatic rings. The van der Waals surface area contributed by atoms with E-state index in [2.05, 4.69) is 5.16 Å². The Morgan fingerprint density at radius 3 is 1.90 bits per heavy atom. The summed E-state index contributed by atoms with van der Waals surface area (Å²) in [4.78, 5) is 11.1. The second-order valence-electron chi connectivity index (χ2n) is 4.60. The molecule has 0 saturated carbocycles. The molecule has 0 spiro atoms. The summed E-state index contributed by atoms with van der Waals surface area (Å²) in [5.74, 6) is -6.82. The lowest BCUT2D eigenvalue weighted by Gasteiger charge is -2.26. The zero-order valence-corrected chi connectivity index (χ0v) is 10.4. The van der Waals surface area contributed by atoms with Gasteiger partial charge in [-0.1, -0.05) is 19.0 Å². The average molecular weight is 309 g/mol. The maximum Gasteiger partial charge on any atom is 0.409 e. The van der Waals surface area contributed by atoms with Gasteiger partial charge in [-0.25, -0.2) is 0 Å². The number of hydrogen-bond donors (Lipinski definition) is 3. The van der Waals surface area contributed by atoms with Gasteiger partial charge in [0, 0.05) is 12.0 Å². The topological polar surface area (TPSA) is 87.7 Å². The van der Waals surface area contributed by atoms with Gasteiger partial charge in [0.15, 0.2) is 0 Å². The molecular weight excluding hydrogens is 296 g/mol. The van der Waals surface area contributed by atoms with E-state index in [1.54, 1.807) is 0 Å². The number of halogens is 6. The summed E-state index contributed by atoms with van der Waals surface area (Å²) in [5.41, 5.74) is 3.88. The molecule has 0 heterocycles. The van der Waals surface area contributed by atoms with Crippen molar-refractivity contribution in [2.45, 2.75) is 26.2 Å². The van der Waals surface area contributed by atoms with E-state index in [4.69, 9.17) is 10.9 Å². The van der Waals surface area contributed by atoms with Crippen LogP contribution in [0.5, 0.6) is 0 Å². The summed E-state index contributed by atoms with van der Waals surface area (Å²) in [6, 6.07) is 0. The third kappa shape index (κ3) is 4.78. The molecule has 0 aromatic heterocycles. The molecule has 20 heavy (non-hydrogen) atoms. The van der Waals surface area contributed by atoms with Crippen molar-refractivity contribution in [1.29, 1.82) is 0 Å². The second-order valence-corrected chi connectivity index (χ2v) is 4.60. The van der Waals surface area contributed by atoms with E-state index in [1.807, 2.05) is 0 Å². The van der Waals surface area contributed by atoms with E-state index in [1.165, 1.54) is 19.2 Å². The first-order valence-corrected chi connectivity index (χ1v) is 5.12. The van der Waals surface area contributed by atoms with Gasteiger partial charge in [0.2, 0.25) is 11.8 Å². The standard InChI is InChI=1S/C9H13F6N3O2/c1-7(2,6(16)18-20)3-17-5(19)4(8(10,11)12)9(13,14)15/h4,20H,3H2,1-2H3,(H2,16,18)(H,17,19). The molecule has 0 rings (SSSR count). The Kier molecular flexibility index (Phi) is 5.27. The molecule has 0 aliphatic carbocycles. The molecule has 0 atom stereocenters.